The first kappa shape index (κ1) is 21.2. The van der Waals surface area contributed by atoms with E-state index in [-0.39, 0.29) is 0 Å². The van der Waals surface area contributed by atoms with Crippen molar-refractivity contribution < 1.29 is 18.7 Å². The van der Waals surface area contributed by atoms with Crippen molar-refractivity contribution in [3.8, 4) is 11.5 Å². The maximum atomic E-state index is 12.4. The summed E-state index contributed by atoms with van der Waals surface area (Å²) in [7, 11) is 0. The second-order valence-electron chi connectivity index (χ2n) is 8.75. The molecule has 0 saturated carbocycles. The Kier molecular flexibility index (Phi) is 5.44. The molecule has 3 aromatic heterocycles. The quantitative estimate of drug-likeness (QED) is 0.470. The van der Waals surface area contributed by atoms with Gasteiger partial charge in [0.2, 0.25) is 0 Å². The average Bonchev–Trinajstić information content (AvgIpc) is 3.48. The number of rotatable bonds is 5. The van der Waals surface area contributed by atoms with Crippen LogP contribution in [0.3, 0.4) is 0 Å². The Morgan fingerprint density at radius 3 is 2.53 bits per heavy atom. The Morgan fingerprint density at radius 1 is 1.00 bits per heavy atom. The van der Waals surface area contributed by atoms with Gasteiger partial charge in [0.05, 0.1) is 55.1 Å². The van der Waals surface area contributed by atoms with Crippen molar-refractivity contribution in [2.24, 2.45) is 5.73 Å². The van der Waals surface area contributed by atoms with Gasteiger partial charge in [-0.25, -0.2) is 4.98 Å². The van der Waals surface area contributed by atoms with Crippen molar-refractivity contribution >= 4 is 33.5 Å². The highest BCUT2D eigenvalue weighted by Gasteiger charge is 2.20. The van der Waals surface area contributed by atoms with E-state index in [4.69, 9.17) is 24.6 Å². The van der Waals surface area contributed by atoms with Crippen molar-refractivity contribution in [2.75, 3.05) is 57.5 Å². The molecule has 9 heteroatoms. The maximum Gasteiger partial charge on any atom is 0.250 e. The fraction of sp³-hybridized carbons (Fsp3) is 0.360. The number of hydrogen-bond acceptors (Lipinski definition) is 7. The molecule has 1 aromatic carbocycles. The molecule has 2 aliphatic heterocycles. The first-order valence-corrected chi connectivity index (χ1v) is 11.6. The molecule has 3 N–H and O–H groups in total. The van der Waals surface area contributed by atoms with E-state index < -0.39 is 5.91 Å². The molecule has 34 heavy (non-hydrogen) atoms. The van der Waals surface area contributed by atoms with Crippen molar-refractivity contribution in [1.29, 1.82) is 0 Å². The van der Waals surface area contributed by atoms with Crippen LogP contribution >= 0.6 is 0 Å². The summed E-state index contributed by atoms with van der Waals surface area (Å²) in [5.41, 5.74) is 10.1. The van der Waals surface area contributed by atoms with Crippen LogP contribution in [0.2, 0.25) is 0 Å². The number of nitrogens with one attached hydrogen (secondary N) is 1. The van der Waals surface area contributed by atoms with Crippen molar-refractivity contribution in [3.05, 3.63) is 47.7 Å². The predicted octanol–water partition coefficient (Wildman–Crippen LogP) is 2.74. The minimum absolute atomic E-state index is 0.398. The summed E-state index contributed by atoms with van der Waals surface area (Å²) in [5.74, 6) is 0.967. The molecule has 0 bridgehead atoms. The monoisotopic (exact) mass is 461 g/mol. The normalized spacial score (nSPS) is 17.6. The van der Waals surface area contributed by atoms with Crippen molar-refractivity contribution in [2.45, 2.75) is 6.54 Å². The van der Waals surface area contributed by atoms with Crippen LogP contribution < -0.4 is 10.6 Å². The third kappa shape index (κ3) is 3.91. The summed E-state index contributed by atoms with van der Waals surface area (Å²) in [6.45, 7) is 7.10. The fourth-order valence-corrected chi connectivity index (χ4v) is 4.76. The Bertz CT molecular complexity index is 1350. The van der Waals surface area contributed by atoms with Gasteiger partial charge in [0.15, 0.2) is 5.76 Å². The number of pyridine rings is 1. The summed E-state index contributed by atoms with van der Waals surface area (Å²) >= 11 is 0. The third-order valence-corrected chi connectivity index (χ3v) is 6.58. The van der Waals surface area contributed by atoms with Crippen molar-refractivity contribution in [3.63, 3.8) is 0 Å². The number of fused-ring (bicyclic) bond motifs is 3. The minimum atomic E-state index is -0.506. The van der Waals surface area contributed by atoms with Gasteiger partial charge in [-0.1, -0.05) is 0 Å². The molecule has 0 unspecified atom stereocenters. The third-order valence-electron chi connectivity index (χ3n) is 6.58. The molecule has 9 nitrogen and oxygen atoms in total. The van der Waals surface area contributed by atoms with Gasteiger partial charge in [0.25, 0.3) is 5.91 Å². The topological polar surface area (TPSA) is 110 Å². The Balaban J connectivity index is 1.38. The standard InChI is InChI=1S/C25H27N5O4/c26-25(31)19-14-21(22-4-2-17(34-22)15-29-5-9-32-10-6-29)28-23-18-3-1-16(13-20(18)27-24(19)23)30-7-11-33-12-8-30/h1-4,13-14,27H,5-12,15H2,(H2,26,31). The molecule has 0 atom stereocenters. The van der Waals surface area contributed by atoms with Crippen LogP contribution in [0.5, 0.6) is 0 Å². The van der Waals surface area contributed by atoms with Crippen LogP contribution in [0.4, 0.5) is 5.69 Å². The van der Waals surface area contributed by atoms with E-state index in [1.807, 2.05) is 18.2 Å². The molecule has 0 aliphatic carbocycles. The molecule has 6 rings (SSSR count). The van der Waals surface area contributed by atoms with E-state index in [9.17, 15) is 4.79 Å². The lowest BCUT2D eigenvalue weighted by atomic mass is 10.1. The van der Waals surface area contributed by atoms with E-state index in [2.05, 4.69) is 26.9 Å². The number of morpholine rings is 2. The molecule has 2 aliphatic rings. The number of amides is 1. The number of H-pyrrole nitrogens is 1. The summed E-state index contributed by atoms with van der Waals surface area (Å²) in [6, 6.07) is 11.8. The lowest BCUT2D eigenvalue weighted by Crippen LogP contribution is -2.36. The molecular weight excluding hydrogens is 434 g/mol. The molecular formula is C25H27N5O4. The van der Waals surface area contributed by atoms with E-state index in [1.54, 1.807) is 6.07 Å². The van der Waals surface area contributed by atoms with Crippen molar-refractivity contribution in [1.82, 2.24) is 14.9 Å². The number of carbonyl (C=O) groups is 1. The van der Waals surface area contributed by atoms with Crippen LogP contribution in [0, 0.1) is 0 Å². The van der Waals surface area contributed by atoms with Gasteiger partial charge in [-0.3, -0.25) is 9.69 Å². The fourth-order valence-electron chi connectivity index (χ4n) is 4.76. The zero-order chi connectivity index (χ0) is 23.1. The molecule has 0 spiro atoms. The smallest absolute Gasteiger partial charge is 0.250 e. The number of aromatic nitrogens is 2. The van der Waals surface area contributed by atoms with Gasteiger partial charge < -0.3 is 29.5 Å². The number of primary amides is 1. The minimum Gasteiger partial charge on any atom is -0.458 e. The van der Waals surface area contributed by atoms with Crippen LogP contribution in [0.1, 0.15) is 16.1 Å². The number of nitrogens with two attached hydrogens (primary N) is 1. The molecule has 2 saturated heterocycles. The first-order chi connectivity index (χ1) is 16.7. The lowest BCUT2D eigenvalue weighted by Gasteiger charge is -2.28. The lowest BCUT2D eigenvalue weighted by molar-refractivity contribution is 0.0314. The number of furan rings is 1. The number of ether oxygens (including phenoxy) is 2. The highest BCUT2D eigenvalue weighted by atomic mass is 16.5. The molecule has 1 amide bonds. The molecule has 0 radical (unpaired) electrons. The van der Waals surface area contributed by atoms with Gasteiger partial charge in [-0.05, 0) is 36.4 Å². The maximum absolute atomic E-state index is 12.4. The average molecular weight is 462 g/mol. The molecule has 4 aromatic rings. The first-order valence-electron chi connectivity index (χ1n) is 11.6. The number of carbonyl (C=O) groups excluding carboxylic acids is 1. The number of nitrogens with zero attached hydrogens (tertiary/aromatic N) is 3. The summed E-state index contributed by atoms with van der Waals surface area (Å²) in [6.07, 6.45) is 0. The zero-order valence-electron chi connectivity index (χ0n) is 18.9. The van der Waals surface area contributed by atoms with Gasteiger partial charge in [0, 0.05) is 37.3 Å². The Hall–Kier alpha value is -3.40. The van der Waals surface area contributed by atoms with Gasteiger partial charge in [-0.2, -0.15) is 0 Å². The van der Waals surface area contributed by atoms with Crippen LogP contribution in [0.15, 0.2) is 40.8 Å². The van der Waals surface area contributed by atoms with E-state index >= 15 is 0 Å². The number of anilines is 1. The van der Waals surface area contributed by atoms with Crippen LogP contribution in [0.25, 0.3) is 33.4 Å². The van der Waals surface area contributed by atoms with Gasteiger partial charge in [-0.15, -0.1) is 0 Å². The largest absolute Gasteiger partial charge is 0.458 e. The van der Waals surface area contributed by atoms with Gasteiger partial charge >= 0.3 is 0 Å². The highest BCUT2D eigenvalue weighted by Crippen LogP contribution is 2.33. The second-order valence-corrected chi connectivity index (χ2v) is 8.75. The molecule has 176 valence electrons. The van der Waals surface area contributed by atoms with E-state index in [0.29, 0.717) is 34.6 Å². The molecule has 2 fully saturated rings. The summed E-state index contributed by atoms with van der Waals surface area (Å²) in [4.78, 5) is 25.2. The predicted molar refractivity (Wildman–Crippen MR) is 129 cm³/mol. The number of benzene rings is 1. The SMILES string of the molecule is NC(=O)c1cc(-c2ccc(CN3CCOCC3)o2)nc2c1[nH]c1cc(N3CCOCC3)ccc12. The Labute approximate surface area is 196 Å². The van der Waals surface area contributed by atoms with Crippen LogP contribution in [-0.4, -0.2) is 73.4 Å². The second kappa shape index (κ2) is 8.75. The summed E-state index contributed by atoms with van der Waals surface area (Å²) in [5, 5.41) is 0.941. The van der Waals surface area contributed by atoms with Crippen LogP contribution in [-0.2, 0) is 16.0 Å². The van der Waals surface area contributed by atoms with E-state index in [1.165, 1.54) is 0 Å². The summed E-state index contributed by atoms with van der Waals surface area (Å²) < 4.78 is 17.0. The number of aromatic amines is 1. The Morgan fingerprint density at radius 2 is 1.76 bits per heavy atom. The van der Waals surface area contributed by atoms with E-state index in [0.717, 1.165) is 75.0 Å². The zero-order valence-corrected chi connectivity index (χ0v) is 18.9. The highest BCUT2D eigenvalue weighted by molar-refractivity contribution is 6.14. The molecule has 5 heterocycles. The van der Waals surface area contributed by atoms with Gasteiger partial charge in [0.1, 0.15) is 11.5 Å². The number of hydrogen-bond donors (Lipinski definition) is 2.